The van der Waals surface area contributed by atoms with Gasteiger partial charge in [0, 0.05) is 11.6 Å². The van der Waals surface area contributed by atoms with Crippen LogP contribution in [0.3, 0.4) is 0 Å². The molecule has 0 bridgehead atoms. The van der Waals surface area contributed by atoms with E-state index in [9.17, 15) is 9.90 Å². The van der Waals surface area contributed by atoms with Crippen molar-refractivity contribution in [3.63, 3.8) is 0 Å². The third-order valence-corrected chi connectivity index (χ3v) is 3.50. The molecule has 0 unspecified atom stereocenters. The van der Waals surface area contributed by atoms with Crippen molar-refractivity contribution >= 4 is 11.6 Å². The quantitative estimate of drug-likeness (QED) is 0.716. The number of hydrogen-bond donors (Lipinski definition) is 2. The van der Waals surface area contributed by atoms with Crippen LogP contribution in [-0.4, -0.2) is 23.3 Å². The molecular weight excluding hydrogens is 308 g/mol. The van der Waals surface area contributed by atoms with Crippen LogP contribution in [0.1, 0.15) is 16.1 Å². The number of phenolic OH excluding ortho intramolecular Hbond substituents is 1. The van der Waals surface area contributed by atoms with Gasteiger partial charge in [-0.3, -0.25) is 4.79 Å². The summed E-state index contributed by atoms with van der Waals surface area (Å²) in [5, 5.41) is 16.3. The Morgan fingerprint density at radius 3 is 2.83 bits per heavy atom. The first kappa shape index (κ1) is 15.6. The van der Waals surface area contributed by atoms with Gasteiger partial charge in [-0.2, -0.15) is 0 Å². The Bertz CT molecular complexity index is 886. The molecule has 0 atom stereocenters. The van der Waals surface area contributed by atoms with Gasteiger partial charge in [-0.1, -0.05) is 23.4 Å². The molecule has 0 spiro atoms. The van der Waals surface area contributed by atoms with E-state index in [1.54, 1.807) is 25.3 Å². The summed E-state index contributed by atoms with van der Waals surface area (Å²) in [5.41, 5.74) is 2.53. The van der Waals surface area contributed by atoms with Crippen LogP contribution in [-0.2, 0) is 0 Å². The van der Waals surface area contributed by atoms with Gasteiger partial charge in [0.1, 0.15) is 17.2 Å². The third kappa shape index (κ3) is 3.22. The van der Waals surface area contributed by atoms with Crippen LogP contribution in [0.4, 0.5) is 5.69 Å². The minimum Gasteiger partial charge on any atom is -0.506 e. The van der Waals surface area contributed by atoms with Crippen LogP contribution in [0.25, 0.3) is 11.3 Å². The standard InChI is InChI=1S/C18H16N2O4/c1-11-6-7-16(21)15(8-11)19-18(22)17-10-14(20-24-17)12-4-3-5-13(9-12)23-2/h3-10,21H,1-2H3,(H,19,22). The smallest absolute Gasteiger partial charge is 0.294 e. The zero-order valence-electron chi connectivity index (χ0n) is 13.2. The number of ether oxygens (including phenoxy) is 1. The van der Waals surface area contributed by atoms with Gasteiger partial charge in [-0.25, -0.2) is 0 Å². The summed E-state index contributed by atoms with van der Waals surface area (Å²) in [6.45, 7) is 1.87. The average molecular weight is 324 g/mol. The number of carbonyl (C=O) groups is 1. The topological polar surface area (TPSA) is 84.6 Å². The highest BCUT2D eigenvalue weighted by atomic mass is 16.5. The molecule has 1 aromatic heterocycles. The Kier molecular flexibility index (Phi) is 4.20. The number of benzene rings is 2. The number of nitrogens with zero attached hydrogens (tertiary/aromatic N) is 1. The Hall–Kier alpha value is -3.28. The van der Waals surface area contributed by atoms with Crippen LogP contribution in [0.15, 0.2) is 53.1 Å². The summed E-state index contributed by atoms with van der Waals surface area (Å²) < 4.78 is 10.3. The molecule has 0 radical (unpaired) electrons. The van der Waals surface area contributed by atoms with Gasteiger partial charge in [0.25, 0.3) is 5.91 Å². The van der Waals surface area contributed by atoms with Crippen molar-refractivity contribution in [1.29, 1.82) is 0 Å². The maximum Gasteiger partial charge on any atom is 0.294 e. The van der Waals surface area contributed by atoms with Gasteiger partial charge in [0.2, 0.25) is 5.76 Å². The van der Waals surface area contributed by atoms with E-state index in [-0.39, 0.29) is 11.5 Å². The van der Waals surface area contributed by atoms with Gasteiger partial charge in [0.15, 0.2) is 0 Å². The fourth-order valence-electron chi connectivity index (χ4n) is 2.23. The lowest BCUT2D eigenvalue weighted by Crippen LogP contribution is -2.11. The van der Waals surface area contributed by atoms with E-state index in [2.05, 4.69) is 10.5 Å². The molecule has 0 aliphatic carbocycles. The van der Waals surface area contributed by atoms with Gasteiger partial charge in [-0.05, 0) is 36.8 Å². The number of aromatic hydroxyl groups is 1. The van der Waals surface area contributed by atoms with Crippen molar-refractivity contribution in [2.75, 3.05) is 12.4 Å². The highest BCUT2D eigenvalue weighted by molar-refractivity contribution is 6.03. The van der Waals surface area contributed by atoms with E-state index < -0.39 is 5.91 Å². The Balaban J connectivity index is 1.82. The first-order valence-corrected chi connectivity index (χ1v) is 7.29. The average Bonchev–Trinajstić information content (AvgIpc) is 3.08. The first-order valence-electron chi connectivity index (χ1n) is 7.29. The van der Waals surface area contributed by atoms with E-state index in [0.717, 1.165) is 11.1 Å². The summed E-state index contributed by atoms with van der Waals surface area (Å²) in [5.74, 6) is 0.235. The largest absolute Gasteiger partial charge is 0.506 e. The summed E-state index contributed by atoms with van der Waals surface area (Å²) in [4.78, 5) is 12.3. The molecule has 24 heavy (non-hydrogen) atoms. The maximum absolute atomic E-state index is 12.3. The molecule has 0 saturated heterocycles. The fourth-order valence-corrected chi connectivity index (χ4v) is 2.23. The Labute approximate surface area is 138 Å². The van der Waals surface area contributed by atoms with Gasteiger partial charge >= 0.3 is 0 Å². The molecule has 0 saturated carbocycles. The first-order chi connectivity index (χ1) is 11.6. The predicted octanol–water partition coefficient (Wildman–Crippen LogP) is 3.62. The number of phenols is 1. The van der Waals surface area contributed by atoms with E-state index in [4.69, 9.17) is 9.26 Å². The number of methoxy groups -OCH3 is 1. The number of anilines is 1. The van der Waals surface area contributed by atoms with Crippen molar-refractivity contribution in [2.24, 2.45) is 0 Å². The van der Waals surface area contributed by atoms with Gasteiger partial charge < -0.3 is 19.7 Å². The monoisotopic (exact) mass is 324 g/mol. The Morgan fingerprint density at radius 1 is 1.21 bits per heavy atom. The van der Waals surface area contributed by atoms with Crippen molar-refractivity contribution < 1.29 is 19.2 Å². The second-order valence-electron chi connectivity index (χ2n) is 5.28. The van der Waals surface area contributed by atoms with E-state index in [1.165, 1.54) is 12.1 Å². The van der Waals surface area contributed by atoms with Crippen LogP contribution >= 0.6 is 0 Å². The highest BCUT2D eigenvalue weighted by Crippen LogP contribution is 2.26. The number of amides is 1. The van der Waals surface area contributed by atoms with Crippen molar-refractivity contribution in [1.82, 2.24) is 5.16 Å². The number of aromatic nitrogens is 1. The van der Waals surface area contributed by atoms with Crippen molar-refractivity contribution in [3.05, 3.63) is 59.9 Å². The minimum atomic E-state index is -0.488. The van der Waals surface area contributed by atoms with E-state index in [1.807, 2.05) is 25.1 Å². The second kappa shape index (κ2) is 6.45. The van der Waals surface area contributed by atoms with Gasteiger partial charge in [0.05, 0.1) is 12.8 Å². The second-order valence-corrected chi connectivity index (χ2v) is 5.28. The Morgan fingerprint density at radius 2 is 2.04 bits per heavy atom. The predicted molar refractivity (Wildman–Crippen MR) is 89.3 cm³/mol. The molecule has 6 nitrogen and oxygen atoms in total. The lowest BCUT2D eigenvalue weighted by molar-refractivity contribution is 0.0987. The van der Waals surface area contributed by atoms with Crippen LogP contribution in [0.2, 0.25) is 0 Å². The number of carbonyl (C=O) groups excluding carboxylic acids is 1. The van der Waals surface area contributed by atoms with E-state index >= 15 is 0 Å². The lowest BCUT2D eigenvalue weighted by atomic mass is 10.1. The van der Waals surface area contributed by atoms with E-state index in [0.29, 0.717) is 17.1 Å². The molecule has 122 valence electrons. The molecule has 0 aliphatic rings. The maximum atomic E-state index is 12.3. The molecule has 2 aromatic carbocycles. The molecule has 0 aliphatic heterocycles. The number of aryl methyl sites for hydroxylation is 1. The third-order valence-electron chi connectivity index (χ3n) is 3.50. The molecule has 1 amide bonds. The highest BCUT2D eigenvalue weighted by Gasteiger charge is 2.16. The molecule has 6 heteroatoms. The van der Waals surface area contributed by atoms with Crippen LogP contribution < -0.4 is 10.1 Å². The molecule has 3 aromatic rings. The number of hydrogen-bond acceptors (Lipinski definition) is 5. The lowest BCUT2D eigenvalue weighted by Gasteiger charge is -2.06. The summed E-state index contributed by atoms with van der Waals surface area (Å²) >= 11 is 0. The SMILES string of the molecule is COc1cccc(-c2cc(C(=O)Nc3cc(C)ccc3O)on2)c1. The molecular formula is C18H16N2O4. The summed E-state index contributed by atoms with van der Waals surface area (Å²) in [6, 6.07) is 13.8. The summed E-state index contributed by atoms with van der Waals surface area (Å²) in [6.07, 6.45) is 0. The number of rotatable bonds is 4. The molecule has 3 rings (SSSR count). The minimum absolute atomic E-state index is 0.0125. The van der Waals surface area contributed by atoms with Gasteiger partial charge in [-0.15, -0.1) is 0 Å². The zero-order chi connectivity index (χ0) is 17.1. The van der Waals surface area contributed by atoms with Crippen LogP contribution in [0.5, 0.6) is 11.5 Å². The fraction of sp³-hybridized carbons (Fsp3) is 0.111. The normalized spacial score (nSPS) is 10.4. The zero-order valence-corrected chi connectivity index (χ0v) is 13.2. The van der Waals surface area contributed by atoms with Crippen molar-refractivity contribution in [2.45, 2.75) is 6.92 Å². The number of nitrogens with one attached hydrogen (secondary N) is 1. The molecule has 2 N–H and O–H groups in total. The van der Waals surface area contributed by atoms with Crippen LogP contribution in [0, 0.1) is 6.92 Å². The molecule has 1 heterocycles. The van der Waals surface area contributed by atoms with Crippen molar-refractivity contribution in [3.8, 4) is 22.8 Å². The summed E-state index contributed by atoms with van der Waals surface area (Å²) in [7, 11) is 1.58. The molecule has 0 fully saturated rings.